The Kier molecular flexibility index (Phi) is 13.3. The maximum atomic E-state index is 5.78. The highest BCUT2D eigenvalue weighted by atomic mass is 28.3. The first kappa shape index (κ1) is 17.0. The topological polar surface area (TPSA) is 18.5 Å². The quantitative estimate of drug-likeness (QED) is 0.261. The van der Waals surface area contributed by atoms with Crippen molar-refractivity contribution in [2.45, 2.75) is 45.6 Å². The molecule has 0 unspecified atom stereocenters. The summed E-state index contributed by atoms with van der Waals surface area (Å²) in [5.41, 5.74) is 0. The van der Waals surface area contributed by atoms with Gasteiger partial charge in [-0.05, 0) is 26.7 Å². The maximum Gasteiger partial charge on any atom is 0.325 e. The lowest BCUT2D eigenvalue weighted by Crippen LogP contribution is -2.23. The summed E-state index contributed by atoms with van der Waals surface area (Å²) in [5.74, 6) is 11.8. The molecule has 0 rings (SSSR count). The van der Waals surface area contributed by atoms with Crippen LogP contribution in [0.1, 0.15) is 39.5 Å². The summed E-state index contributed by atoms with van der Waals surface area (Å²) in [4.78, 5) is 0. The van der Waals surface area contributed by atoms with Crippen LogP contribution in [0.4, 0.5) is 0 Å². The predicted molar refractivity (Wildman–Crippen MR) is 79.4 cm³/mol. The van der Waals surface area contributed by atoms with E-state index in [1.165, 1.54) is 0 Å². The fourth-order valence-electron chi connectivity index (χ4n) is 1.32. The number of allylic oxidation sites excluding steroid dienone is 1. The molecular weight excluding hydrogens is 240 g/mol. The third-order valence-electron chi connectivity index (χ3n) is 2.21. The van der Waals surface area contributed by atoms with Crippen LogP contribution in [-0.4, -0.2) is 22.5 Å². The van der Waals surface area contributed by atoms with Crippen molar-refractivity contribution < 1.29 is 8.85 Å². The summed E-state index contributed by atoms with van der Waals surface area (Å²) in [6, 6.07) is 0.860. The van der Waals surface area contributed by atoms with Crippen molar-refractivity contribution in [3.05, 3.63) is 12.7 Å². The molecule has 0 aliphatic rings. The van der Waals surface area contributed by atoms with E-state index in [4.69, 9.17) is 8.85 Å². The first-order valence-electron chi connectivity index (χ1n) is 6.48. The van der Waals surface area contributed by atoms with Gasteiger partial charge in [0.1, 0.15) is 0 Å². The van der Waals surface area contributed by atoms with E-state index in [0.717, 1.165) is 44.9 Å². The Labute approximate surface area is 114 Å². The van der Waals surface area contributed by atoms with E-state index in [0.29, 0.717) is 0 Å². The molecule has 0 fully saturated rings. The second kappa shape index (κ2) is 14.1. The Balaban J connectivity index is 3.64. The summed E-state index contributed by atoms with van der Waals surface area (Å²) in [7, 11) is -1.55. The molecule has 0 aromatic rings. The monoisotopic (exact) mass is 264 g/mol. The molecule has 100 valence electrons. The number of hydrogen-bond acceptors (Lipinski definition) is 2. The van der Waals surface area contributed by atoms with Crippen molar-refractivity contribution in [3.63, 3.8) is 0 Å². The lowest BCUT2D eigenvalue weighted by atomic mass is 10.3. The molecule has 0 heterocycles. The van der Waals surface area contributed by atoms with E-state index >= 15 is 0 Å². The summed E-state index contributed by atoms with van der Waals surface area (Å²) in [5, 5.41) is 0. The van der Waals surface area contributed by atoms with E-state index in [9.17, 15) is 0 Å². The normalized spacial score (nSPS) is 9.28. The van der Waals surface area contributed by atoms with Gasteiger partial charge in [-0.2, -0.15) is 0 Å². The van der Waals surface area contributed by atoms with Crippen LogP contribution in [-0.2, 0) is 8.85 Å². The average molecular weight is 264 g/mol. The third-order valence-corrected chi connectivity index (χ3v) is 4.15. The molecule has 0 atom stereocenters. The fraction of sp³-hybridized carbons (Fsp3) is 0.600. The smallest absolute Gasteiger partial charge is 0.325 e. The maximum absolute atomic E-state index is 5.78. The SMILES string of the molecule is C=CC[SiH](OCCCC#CC)OCCCC#CC. The first-order valence-corrected chi connectivity index (χ1v) is 8.24. The van der Waals surface area contributed by atoms with Crippen molar-refractivity contribution in [1.82, 2.24) is 0 Å². The van der Waals surface area contributed by atoms with Gasteiger partial charge in [0.2, 0.25) is 0 Å². The van der Waals surface area contributed by atoms with Crippen molar-refractivity contribution in [2.75, 3.05) is 13.2 Å². The molecular formula is C15H24O2Si. The lowest BCUT2D eigenvalue weighted by Gasteiger charge is -2.14. The highest BCUT2D eigenvalue weighted by Crippen LogP contribution is 2.02. The van der Waals surface area contributed by atoms with Crippen molar-refractivity contribution in [3.8, 4) is 23.7 Å². The van der Waals surface area contributed by atoms with Gasteiger partial charge in [-0.15, -0.1) is 30.3 Å². The Morgan fingerprint density at radius 2 is 1.50 bits per heavy atom. The molecule has 0 aliphatic heterocycles. The van der Waals surface area contributed by atoms with E-state index in [2.05, 4.69) is 30.3 Å². The third kappa shape index (κ3) is 11.5. The fourth-order valence-corrected chi connectivity index (χ4v) is 2.82. The number of unbranched alkanes of at least 4 members (excludes halogenated alkanes) is 2. The molecule has 2 nitrogen and oxygen atoms in total. The Hall–Kier alpha value is -1.00. The summed E-state index contributed by atoms with van der Waals surface area (Å²) in [6.45, 7) is 8.95. The van der Waals surface area contributed by atoms with Crippen LogP contribution in [0.2, 0.25) is 6.04 Å². The van der Waals surface area contributed by atoms with Gasteiger partial charge in [-0.3, -0.25) is 0 Å². The van der Waals surface area contributed by atoms with Crippen LogP contribution in [0, 0.1) is 23.7 Å². The minimum atomic E-state index is -1.55. The molecule has 3 heteroatoms. The largest absolute Gasteiger partial charge is 0.396 e. The van der Waals surface area contributed by atoms with Gasteiger partial charge in [-0.25, -0.2) is 0 Å². The van der Waals surface area contributed by atoms with Gasteiger partial charge in [0.15, 0.2) is 0 Å². The molecule has 0 aromatic heterocycles. The van der Waals surface area contributed by atoms with Crippen molar-refractivity contribution in [1.29, 1.82) is 0 Å². The molecule has 0 amide bonds. The predicted octanol–water partition coefficient (Wildman–Crippen LogP) is 3.03. The zero-order valence-electron chi connectivity index (χ0n) is 11.6. The number of rotatable bonds is 10. The van der Waals surface area contributed by atoms with Crippen LogP contribution in [0.5, 0.6) is 0 Å². The summed E-state index contributed by atoms with van der Waals surface area (Å²) < 4.78 is 11.6. The second-order valence-corrected chi connectivity index (χ2v) is 5.75. The molecule has 18 heavy (non-hydrogen) atoms. The molecule has 0 radical (unpaired) electrons. The zero-order valence-corrected chi connectivity index (χ0v) is 12.8. The van der Waals surface area contributed by atoms with Crippen LogP contribution >= 0.6 is 0 Å². The van der Waals surface area contributed by atoms with Gasteiger partial charge in [0.25, 0.3) is 0 Å². The van der Waals surface area contributed by atoms with E-state index in [1.54, 1.807) is 0 Å². The zero-order chi connectivity index (χ0) is 13.5. The van der Waals surface area contributed by atoms with Gasteiger partial charge >= 0.3 is 9.28 Å². The van der Waals surface area contributed by atoms with Crippen LogP contribution in [0.3, 0.4) is 0 Å². The molecule has 0 aliphatic carbocycles. The van der Waals surface area contributed by atoms with Crippen LogP contribution < -0.4 is 0 Å². The number of hydrogen-bond donors (Lipinski definition) is 0. The lowest BCUT2D eigenvalue weighted by molar-refractivity contribution is 0.196. The first-order chi connectivity index (χ1) is 8.85. The molecule has 0 saturated heterocycles. The van der Waals surface area contributed by atoms with Gasteiger partial charge in [0.05, 0.1) is 0 Å². The minimum Gasteiger partial charge on any atom is -0.396 e. The standard InChI is InChI=1S/C15H24O2Si/c1-4-7-9-11-13-16-18(15-6-3)17-14-12-10-8-5-2/h6,18H,3,9-15H2,1-2H3. The summed E-state index contributed by atoms with van der Waals surface area (Å²) in [6.07, 6.45) is 5.64. The molecule has 0 bridgehead atoms. The highest BCUT2D eigenvalue weighted by Gasteiger charge is 2.10. The minimum absolute atomic E-state index is 0.744. The average Bonchev–Trinajstić information content (AvgIpc) is 2.38. The van der Waals surface area contributed by atoms with Crippen LogP contribution in [0.25, 0.3) is 0 Å². The van der Waals surface area contributed by atoms with Crippen LogP contribution in [0.15, 0.2) is 12.7 Å². The van der Waals surface area contributed by atoms with Gasteiger partial charge in [-0.1, -0.05) is 6.08 Å². The Bertz CT molecular complexity index is 289. The second-order valence-electron chi connectivity index (χ2n) is 3.76. The molecule has 0 saturated carbocycles. The summed E-state index contributed by atoms with van der Waals surface area (Å²) >= 11 is 0. The van der Waals surface area contributed by atoms with Gasteiger partial charge < -0.3 is 8.85 Å². The molecule has 0 aromatic carbocycles. The van der Waals surface area contributed by atoms with Crippen molar-refractivity contribution in [2.24, 2.45) is 0 Å². The van der Waals surface area contributed by atoms with Gasteiger partial charge in [0, 0.05) is 32.1 Å². The van der Waals surface area contributed by atoms with E-state index in [-0.39, 0.29) is 0 Å². The molecule has 0 spiro atoms. The van der Waals surface area contributed by atoms with Crippen molar-refractivity contribution >= 4 is 9.28 Å². The Morgan fingerprint density at radius 1 is 1.00 bits per heavy atom. The van der Waals surface area contributed by atoms with E-state index in [1.807, 2.05) is 19.9 Å². The highest BCUT2D eigenvalue weighted by molar-refractivity contribution is 6.44. The Morgan fingerprint density at radius 3 is 1.89 bits per heavy atom. The molecule has 0 N–H and O–H groups in total. The van der Waals surface area contributed by atoms with E-state index < -0.39 is 9.28 Å².